The number of para-hydroxylation sites is 1. The molecular weight excluding hydrogens is 190 g/mol. The van der Waals surface area contributed by atoms with Crippen LogP contribution in [0.25, 0.3) is 11.0 Å². The third-order valence-electron chi connectivity index (χ3n) is 2.93. The molecule has 0 atom stereocenters. The molecule has 74 valence electrons. The molecular formula is C11H9N3O. The number of aromatic amines is 1. The first-order valence-corrected chi connectivity index (χ1v) is 4.87. The molecule has 4 nitrogen and oxygen atoms in total. The van der Waals surface area contributed by atoms with E-state index < -0.39 is 0 Å². The van der Waals surface area contributed by atoms with Crippen molar-refractivity contribution in [1.29, 1.82) is 0 Å². The van der Waals surface area contributed by atoms with E-state index in [0.29, 0.717) is 0 Å². The molecule has 1 aromatic heterocycles. The zero-order valence-corrected chi connectivity index (χ0v) is 8.03. The van der Waals surface area contributed by atoms with E-state index in [2.05, 4.69) is 15.0 Å². The SMILES string of the molecule is O=C=NC1(c2cccc3[nH]cnc23)CC1. The minimum Gasteiger partial charge on any atom is -0.345 e. The van der Waals surface area contributed by atoms with Crippen LogP contribution in [0.1, 0.15) is 18.4 Å². The molecule has 0 amide bonds. The van der Waals surface area contributed by atoms with Gasteiger partial charge in [-0.05, 0) is 18.9 Å². The molecule has 0 saturated heterocycles. The summed E-state index contributed by atoms with van der Waals surface area (Å²) in [4.78, 5) is 21.6. The van der Waals surface area contributed by atoms with E-state index in [9.17, 15) is 4.79 Å². The Hall–Kier alpha value is -1.93. The Labute approximate surface area is 86.1 Å². The van der Waals surface area contributed by atoms with E-state index in [1.54, 1.807) is 12.4 Å². The highest BCUT2D eigenvalue weighted by molar-refractivity contribution is 5.80. The summed E-state index contributed by atoms with van der Waals surface area (Å²) in [5, 5.41) is 0. The van der Waals surface area contributed by atoms with Gasteiger partial charge in [0.15, 0.2) is 0 Å². The van der Waals surface area contributed by atoms with Gasteiger partial charge < -0.3 is 4.98 Å². The minimum absolute atomic E-state index is 0.337. The fourth-order valence-corrected chi connectivity index (χ4v) is 1.99. The highest BCUT2D eigenvalue weighted by Crippen LogP contribution is 2.50. The highest BCUT2D eigenvalue weighted by Gasteiger charge is 2.46. The number of fused-ring (bicyclic) bond motifs is 1. The highest BCUT2D eigenvalue weighted by atomic mass is 16.1. The summed E-state index contributed by atoms with van der Waals surface area (Å²) in [7, 11) is 0. The molecule has 1 N–H and O–H groups in total. The van der Waals surface area contributed by atoms with Gasteiger partial charge in [-0.25, -0.2) is 9.78 Å². The molecule has 0 aliphatic heterocycles. The second kappa shape index (κ2) is 2.78. The van der Waals surface area contributed by atoms with Crippen molar-refractivity contribution < 1.29 is 4.79 Å². The van der Waals surface area contributed by atoms with Gasteiger partial charge in [-0.2, -0.15) is 4.99 Å². The van der Waals surface area contributed by atoms with Crippen molar-refractivity contribution in [1.82, 2.24) is 9.97 Å². The molecule has 4 heteroatoms. The Morgan fingerprint density at radius 3 is 3.07 bits per heavy atom. The monoisotopic (exact) mass is 199 g/mol. The number of aliphatic imine (C=N–C) groups is 1. The molecule has 0 bridgehead atoms. The number of hydrogen-bond acceptors (Lipinski definition) is 3. The van der Waals surface area contributed by atoms with Crippen molar-refractivity contribution in [3.63, 3.8) is 0 Å². The minimum atomic E-state index is -0.337. The molecule has 2 aromatic rings. The number of nitrogens with one attached hydrogen (secondary N) is 1. The van der Waals surface area contributed by atoms with Crippen molar-refractivity contribution in [2.24, 2.45) is 4.99 Å². The van der Waals surface area contributed by atoms with Crippen molar-refractivity contribution in [3.05, 3.63) is 30.1 Å². The number of carbonyl (C=O) groups excluding carboxylic acids is 1. The molecule has 0 unspecified atom stereocenters. The molecule has 0 spiro atoms. The quantitative estimate of drug-likeness (QED) is 0.593. The number of aromatic nitrogens is 2. The normalized spacial score (nSPS) is 17.3. The zero-order chi connectivity index (χ0) is 10.3. The van der Waals surface area contributed by atoms with Crippen LogP contribution in [-0.4, -0.2) is 16.0 Å². The Kier molecular flexibility index (Phi) is 1.55. The number of nitrogens with zero attached hydrogens (tertiary/aromatic N) is 2. The molecule has 1 saturated carbocycles. The Morgan fingerprint density at radius 2 is 2.33 bits per heavy atom. The first-order chi connectivity index (χ1) is 7.36. The van der Waals surface area contributed by atoms with Gasteiger partial charge in [-0.15, -0.1) is 0 Å². The van der Waals surface area contributed by atoms with Gasteiger partial charge in [0.05, 0.1) is 17.4 Å². The fraction of sp³-hybridized carbons (Fsp3) is 0.273. The molecule has 1 aliphatic rings. The Bertz CT molecular complexity index is 562. The van der Waals surface area contributed by atoms with E-state index in [1.165, 1.54) is 0 Å². The zero-order valence-electron chi connectivity index (χ0n) is 8.03. The van der Waals surface area contributed by atoms with Crippen LogP contribution in [0.15, 0.2) is 29.5 Å². The van der Waals surface area contributed by atoms with E-state index in [1.807, 2.05) is 18.2 Å². The number of rotatable bonds is 2. The lowest BCUT2D eigenvalue weighted by molar-refractivity contribution is 0.556. The first kappa shape index (κ1) is 8.38. The van der Waals surface area contributed by atoms with Gasteiger partial charge in [0.25, 0.3) is 0 Å². The summed E-state index contributed by atoms with van der Waals surface area (Å²) in [6.45, 7) is 0. The van der Waals surface area contributed by atoms with Crippen LogP contribution in [0.2, 0.25) is 0 Å². The second-order valence-corrected chi connectivity index (χ2v) is 3.84. The molecule has 15 heavy (non-hydrogen) atoms. The summed E-state index contributed by atoms with van der Waals surface area (Å²) in [5.74, 6) is 0. The average molecular weight is 199 g/mol. The maximum Gasteiger partial charge on any atom is 0.235 e. The van der Waals surface area contributed by atoms with E-state index in [4.69, 9.17) is 0 Å². The number of hydrogen-bond donors (Lipinski definition) is 1. The van der Waals surface area contributed by atoms with Gasteiger partial charge in [0.2, 0.25) is 6.08 Å². The van der Waals surface area contributed by atoms with E-state index >= 15 is 0 Å². The van der Waals surface area contributed by atoms with Crippen LogP contribution in [0, 0.1) is 0 Å². The number of isocyanates is 1. The molecule has 3 rings (SSSR count). The smallest absolute Gasteiger partial charge is 0.235 e. The number of H-pyrrole nitrogens is 1. The molecule has 1 aromatic carbocycles. The number of benzene rings is 1. The largest absolute Gasteiger partial charge is 0.345 e. The molecule has 1 heterocycles. The van der Waals surface area contributed by atoms with Crippen molar-refractivity contribution in [2.75, 3.05) is 0 Å². The van der Waals surface area contributed by atoms with Crippen LogP contribution in [0.4, 0.5) is 0 Å². The van der Waals surface area contributed by atoms with E-state index in [0.717, 1.165) is 29.4 Å². The van der Waals surface area contributed by atoms with Gasteiger partial charge in [0.1, 0.15) is 5.54 Å². The van der Waals surface area contributed by atoms with Crippen LogP contribution in [0.3, 0.4) is 0 Å². The summed E-state index contributed by atoms with van der Waals surface area (Å²) in [6.07, 6.45) is 5.15. The molecule has 1 fully saturated rings. The van der Waals surface area contributed by atoms with Crippen LogP contribution < -0.4 is 0 Å². The second-order valence-electron chi connectivity index (χ2n) is 3.84. The summed E-state index contributed by atoms with van der Waals surface area (Å²) >= 11 is 0. The summed E-state index contributed by atoms with van der Waals surface area (Å²) in [5.41, 5.74) is 2.59. The van der Waals surface area contributed by atoms with Crippen LogP contribution >= 0.6 is 0 Å². The van der Waals surface area contributed by atoms with Crippen molar-refractivity contribution in [3.8, 4) is 0 Å². The topological polar surface area (TPSA) is 58.1 Å². The first-order valence-electron chi connectivity index (χ1n) is 4.87. The van der Waals surface area contributed by atoms with Crippen LogP contribution in [0.5, 0.6) is 0 Å². The number of imidazole rings is 1. The molecule has 1 aliphatic carbocycles. The van der Waals surface area contributed by atoms with Gasteiger partial charge in [0, 0.05) is 5.56 Å². The lowest BCUT2D eigenvalue weighted by Crippen LogP contribution is -2.02. The third-order valence-corrected chi connectivity index (χ3v) is 2.93. The fourth-order valence-electron chi connectivity index (χ4n) is 1.99. The van der Waals surface area contributed by atoms with Crippen molar-refractivity contribution >= 4 is 17.1 Å². The standard InChI is InChI=1S/C11H9N3O/c15-7-14-11(4-5-11)8-2-1-3-9-10(8)13-6-12-9/h1-3,6H,4-5H2,(H,12,13). The Balaban J connectivity index is 2.26. The lowest BCUT2D eigenvalue weighted by atomic mass is 10.0. The van der Waals surface area contributed by atoms with Crippen molar-refractivity contribution in [2.45, 2.75) is 18.4 Å². The van der Waals surface area contributed by atoms with Crippen LogP contribution in [-0.2, 0) is 10.3 Å². The molecule has 0 radical (unpaired) electrons. The summed E-state index contributed by atoms with van der Waals surface area (Å²) in [6, 6.07) is 5.90. The van der Waals surface area contributed by atoms with E-state index in [-0.39, 0.29) is 5.54 Å². The predicted molar refractivity (Wildman–Crippen MR) is 55.1 cm³/mol. The Morgan fingerprint density at radius 1 is 1.47 bits per heavy atom. The predicted octanol–water partition coefficient (Wildman–Crippen LogP) is 1.89. The van der Waals surface area contributed by atoms with Gasteiger partial charge in [-0.3, -0.25) is 0 Å². The summed E-state index contributed by atoms with van der Waals surface area (Å²) < 4.78 is 0. The van der Waals surface area contributed by atoms with Gasteiger partial charge >= 0.3 is 0 Å². The maximum atomic E-state index is 10.4. The maximum absolute atomic E-state index is 10.4. The lowest BCUT2D eigenvalue weighted by Gasteiger charge is -2.07. The third kappa shape index (κ3) is 1.12. The van der Waals surface area contributed by atoms with Gasteiger partial charge in [-0.1, -0.05) is 12.1 Å². The average Bonchev–Trinajstić information content (AvgIpc) is 2.88.